The van der Waals surface area contributed by atoms with Crippen LogP contribution >= 0.6 is 11.6 Å². The van der Waals surface area contributed by atoms with Crippen molar-refractivity contribution in [3.8, 4) is 0 Å². The predicted molar refractivity (Wildman–Crippen MR) is 90.8 cm³/mol. The fourth-order valence-electron chi connectivity index (χ4n) is 2.94. The monoisotopic (exact) mass is 347 g/mol. The fraction of sp³-hybridized carbons (Fsp3) is 0.353. The van der Waals surface area contributed by atoms with E-state index in [9.17, 15) is 9.59 Å². The molecule has 0 bridgehead atoms. The Hall–Kier alpha value is -2.18. The number of rotatable bonds is 4. The number of carboxylic acid groups (broad SMARTS) is 1. The summed E-state index contributed by atoms with van der Waals surface area (Å²) in [6.45, 7) is 3.15. The number of aromatic nitrogens is 1. The second kappa shape index (κ2) is 6.75. The van der Waals surface area contributed by atoms with Crippen LogP contribution in [0, 0.1) is 0 Å². The molecule has 1 amide bonds. The molecule has 1 fully saturated rings. The van der Waals surface area contributed by atoms with E-state index in [-0.39, 0.29) is 18.5 Å². The van der Waals surface area contributed by atoms with Gasteiger partial charge in [0, 0.05) is 30.0 Å². The molecule has 0 unspecified atom stereocenters. The summed E-state index contributed by atoms with van der Waals surface area (Å²) in [6.07, 6.45) is 0. The second-order valence-corrected chi connectivity index (χ2v) is 6.38. The lowest BCUT2D eigenvalue weighted by atomic mass is 10.1. The smallest absolute Gasteiger partial charge is 0.323 e. The molecule has 1 aliphatic rings. The zero-order chi connectivity index (χ0) is 17.3. The Labute approximate surface area is 144 Å². The molecule has 6 nitrogen and oxygen atoms in total. The quantitative estimate of drug-likeness (QED) is 0.915. The SMILES string of the molecule is C[C@@H]1C(=O)N(CC(=O)O)CCN1Cc1ccc2cc(Cl)ccc2n1. The average Bonchev–Trinajstić information content (AvgIpc) is 2.54. The molecule has 0 radical (unpaired) electrons. The Balaban J connectivity index is 1.73. The number of carbonyl (C=O) groups is 2. The van der Waals surface area contributed by atoms with Crippen LogP contribution in [0.3, 0.4) is 0 Å². The van der Waals surface area contributed by atoms with Crippen molar-refractivity contribution in [2.45, 2.75) is 19.5 Å². The number of hydrogen-bond acceptors (Lipinski definition) is 4. The van der Waals surface area contributed by atoms with Crippen molar-refractivity contribution < 1.29 is 14.7 Å². The topological polar surface area (TPSA) is 73.7 Å². The molecule has 0 saturated carbocycles. The molecule has 1 atom stereocenters. The lowest BCUT2D eigenvalue weighted by molar-refractivity contribution is -0.150. The molecule has 1 aromatic heterocycles. The lowest BCUT2D eigenvalue weighted by Gasteiger charge is -2.38. The third-order valence-electron chi connectivity index (χ3n) is 4.27. The third kappa shape index (κ3) is 3.49. The lowest BCUT2D eigenvalue weighted by Crippen LogP contribution is -2.56. The van der Waals surface area contributed by atoms with Crippen LogP contribution in [0.15, 0.2) is 30.3 Å². The van der Waals surface area contributed by atoms with Crippen LogP contribution in [0.4, 0.5) is 0 Å². The van der Waals surface area contributed by atoms with Gasteiger partial charge in [0.25, 0.3) is 0 Å². The van der Waals surface area contributed by atoms with Gasteiger partial charge >= 0.3 is 5.97 Å². The van der Waals surface area contributed by atoms with Crippen LogP contribution in [0.2, 0.25) is 5.02 Å². The fourth-order valence-corrected chi connectivity index (χ4v) is 3.12. The van der Waals surface area contributed by atoms with Crippen LogP contribution in [0.25, 0.3) is 10.9 Å². The molecule has 2 heterocycles. The van der Waals surface area contributed by atoms with E-state index in [2.05, 4.69) is 4.98 Å². The van der Waals surface area contributed by atoms with Gasteiger partial charge in [0.1, 0.15) is 6.54 Å². The highest BCUT2D eigenvalue weighted by Crippen LogP contribution is 2.20. The maximum absolute atomic E-state index is 12.3. The Morgan fingerprint density at radius 3 is 2.88 bits per heavy atom. The summed E-state index contributed by atoms with van der Waals surface area (Å²) >= 11 is 5.98. The number of carbonyl (C=O) groups excluding carboxylic acids is 1. The standard InChI is InChI=1S/C17H18ClN3O3/c1-11-17(24)21(10-16(22)23)7-6-20(11)9-14-4-2-12-8-13(18)3-5-15(12)19-14/h2-5,8,11H,6-7,9-10H2,1H3,(H,22,23)/t11-/m1/s1. The van der Waals surface area contributed by atoms with Crippen LogP contribution in [-0.4, -0.2) is 57.4 Å². The molecule has 1 saturated heterocycles. The van der Waals surface area contributed by atoms with E-state index >= 15 is 0 Å². The van der Waals surface area contributed by atoms with Crippen molar-refractivity contribution in [3.05, 3.63) is 41.0 Å². The van der Waals surface area contributed by atoms with Crippen LogP contribution in [-0.2, 0) is 16.1 Å². The minimum Gasteiger partial charge on any atom is -0.480 e. The van der Waals surface area contributed by atoms with E-state index in [1.165, 1.54) is 4.90 Å². The summed E-state index contributed by atoms with van der Waals surface area (Å²) in [7, 11) is 0. The summed E-state index contributed by atoms with van der Waals surface area (Å²) in [6, 6.07) is 9.08. The summed E-state index contributed by atoms with van der Waals surface area (Å²) in [5.41, 5.74) is 1.73. The number of aliphatic carboxylic acids is 1. The Morgan fingerprint density at radius 2 is 2.12 bits per heavy atom. The third-order valence-corrected chi connectivity index (χ3v) is 4.51. The average molecular weight is 348 g/mol. The zero-order valence-corrected chi connectivity index (χ0v) is 14.0. The van der Waals surface area contributed by atoms with Gasteiger partial charge in [0.2, 0.25) is 5.91 Å². The molecular weight excluding hydrogens is 330 g/mol. The molecule has 1 N–H and O–H groups in total. The highest BCUT2D eigenvalue weighted by Gasteiger charge is 2.32. The molecule has 24 heavy (non-hydrogen) atoms. The number of carboxylic acids is 1. The van der Waals surface area contributed by atoms with Crippen molar-refractivity contribution in [1.82, 2.24) is 14.8 Å². The number of benzene rings is 1. The van der Waals surface area contributed by atoms with Crippen molar-refractivity contribution >= 4 is 34.4 Å². The van der Waals surface area contributed by atoms with E-state index in [0.717, 1.165) is 16.6 Å². The normalized spacial score (nSPS) is 19.0. The maximum atomic E-state index is 12.3. The molecule has 126 valence electrons. The van der Waals surface area contributed by atoms with Crippen LogP contribution in [0.1, 0.15) is 12.6 Å². The first-order valence-corrected chi connectivity index (χ1v) is 8.11. The first-order chi connectivity index (χ1) is 11.4. The first kappa shape index (κ1) is 16.7. The van der Waals surface area contributed by atoms with Gasteiger partial charge in [-0.2, -0.15) is 0 Å². The number of nitrogens with zero attached hydrogens (tertiary/aromatic N) is 3. The summed E-state index contributed by atoms with van der Waals surface area (Å²) in [5, 5.41) is 10.5. The van der Waals surface area contributed by atoms with Crippen molar-refractivity contribution in [1.29, 1.82) is 0 Å². The molecular formula is C17H18ClN3O3. The van der Waals surface area contributed by atoms with Gasteiger partial charge in [0.05, 0.1) is 17.3 Å². The van der Waals surface area contributed by atoms with Gasteiger partial charge in [-0.25, -0.2) is 0 Å². The molecule has 1 aliphatic heterocycles. The van der Waals surface area contributed by atoms with E-state index in [1.807, 2.05) is 29.2 Å². The van der Waals surface area contributed by atoms with Gasteiger partial charge in [-0.05, 0) is 31.2 Å². The number of hydrogen-bond donors (Lipinski definition) is 1. The van der Waals surface area contributed by atoms with Crippen molar-refractivity contribution in [2.75, 3.05) is 19.6 Å². The number of pyridine rings is 1. The highest BCUT2D eigenvalue weighted by atomic mass is 35.5. The zero-order valence-electron chi connectivity index (χ0n) is 13.3. The second-order valence-electron chi connectivity index (χ2n) is 5.94. The van der Waals surface area contributed by atoms with Gasteiger partial charge in [0.15, 0.2) is 0 Å². The van der Waals surface area contributed by atoms with E-state index in [0.29, 0.717) is 24.7 Å². The van der Waals surface area contributed by atoms with Gasteiger partial charge in [-0.1, -0.05) is 17.7 Å². The summed E-state index contributed by atoms with van der Waals surface area (Å²) in [5.74, 6) is -1.14. The Morgan fingerprint density at radius 1 is 1.33 bits per heavy atom. The summed E-state index contributed by atoms with van der Waals surface area (Å²) < 4.78 is 0. The number of piperazine rings is 1. The van der Waals surface area contributed by atoms with Crippen molar-refractivity contribution in [2.24, 2.45) is 0 Å². The Kier molecular flexibility index (Phi) is 4.69. The van der Waals surface area contributed by atoms with Gasteiger partial charge in [-0.3, -0.25) is 19.5 Å². The molecule has 3 rings (SSSR count). The van der Waals surface area contributed by atoms with Gasteiger partial charge in [-0.15, -0.1) is 0 Å². The van der Waals surface area contributed by atoms with Crippen LogP contribution in [0.5, 0.6) is 0 Å². The van der Waals surface area contributed by atoms with Gasteiger partial charge < -0.3 is 10.0 Å². The van der Waals surface area contributed by atoms with E-state index < -0.39 is 5.97 Å². The molecule has 2 aromatic rings. The minimum atomic E-state index is -0.987. The molecule has 0 spiro atoms. The first-order valence-electron chi connectivity index (χ1n) is 7.74. The largest absolute Gasteiger partial charge is 0.480 e. The highest BCUT2D eigenvalue weighted by molar-refractivity contribution is 6.31. The predicted octanol–water partition coefficient (Wildman–Crippen LogP) is 2.01. The van der Waals surface area contributed by atoms with E-state index in [1.54, 1.807) is 13.0 Å². The number of halogens is 1. The van der Waals surface area contributed by atoms with Crippen molar-refractivity contribution in [3.63, 3.8) is 0 Å². The molecule has 0 aliphatic carbocycles. The van der Waals surface area contributed by atoms with Crippen LogP contribution < -0.4 is 0 Å². The molecule has 1 aromatic carbocycles. The summed E-state index contributed by atoms with van der Waals surface area (Å²) in [4.78, 5) is 31.1. The maximum Gasteiger partial charge on any atom is 0.323 e. The van der Waals surface area contributed by atoms with E-state index in [4.69, 9.17) is 16.7 Å². The number of amides is 1. The molecule has 7 heteroatoms. The minimum absolute atomic E-state index is 0.156. The Bertz CT molecular complexity index is 796. The number of fused-ring (bicyclic) bond motifs is 1.